The predicted octanol–water partition coefficient (Wildman–Crippen LogP) is 4.83. The van der Waals surface area contributed by atoms with Crippen LogP contribution in [0.4, 0.5) is 0 Å². The van der Waals surface area contributed by atoms with Gasteiger partial charge >= 0.3 is 5.97 Å². The fraction of sp³-hybridized carbons (Fsp3) is 0.345. The second kappa shape index (κ2) is 10.9. The van der Waals surface area contributed by atoms with Gasteiger partial charge < -0.3 is 19.3 Å². The Balaban J connectivity index is 1.64. The molecule has 1 amide bonds. The van der Waals surface area contributed by atoms with E-state index in [9.17, 15) is 9.59 Å². The average molecular weight is 518 g/mol. The molecule has 2 aromatic carbocycles. The van der Waals surface area contributed by atoms with E-state index in [0.717, 1.165) is 33.1 Å². The smallest absolute Gasteiger partial charge is 0.338 e. The van der Waals surface area contributed by atoms with Crippen molar-refractivity contribution in [3.63, 3.8) is 0 Å². The molecule has 1 unspecified atom stereocenters. The second-order valence-electron chi connectivity index (χ2n) is 9.27. The van der Waals surface area contributed by atoms with E-state index < -0.39 is 12.0 Å². The fourth-order valence-corrected chi connectivity index (χ4v) is 5.84. The predicted molar refractivity (Wildman–Crippen MR) is 146 cm³/mol. The Morgan fingerprint density at radius 3 is 2.59 bits per heavy atom. The molecule has 3 aliphatic rings. The van der Waals surface area contributed by atoms with Gasteiger partial charge in [-0.25, -0.2) is 9.79 Å². The number of fused-ring (bicyclic) bond motifs is 1. The van der Waals surface area contributed by atoms with E-state index in [4.69, 9.17) is 14.5 Å². The number of hydrogen-bond donors (Lipinski definition) is 0. The SMILES string of the molecule is CCOC(=O)C1=C(c2ccccc2)N=C2SC=C(CC(=O)N3CCOCC3)N2C1c1cc(C)ccc1C. The molecule has 37 heavy (non-hydrogen) atoms. The molecule has 2 aromatic rings. The number of ether oxygens (including phenoxy) is 2. The van der Waals surface area contributed by atoms with E-state index in [1.54, 1.807) is 0 Å². The van der Waals surface area contributed by atoms with Crippen molar-refractivity contribution in [2.75, 3.05) is 32.9 Å². The lowest BCUT2D eigenvalue weighted by Gasteiger charge is -2.38. The molecule has 0 saturated carbocycles. The monoisotopic (exact) mass is 517 g/mol. The van der Waals surface area contributed by atoms with E-state index in [1.165, 1.54) is 11.8 Å². The summed E-state index contributed by atoms with van der Waals surface area (Å²) in [5, 5.41) is 2.74. The number of hydrogen-bond acceptors (Lipinski definition) is 7. The molecule has 5 rings (SSSR count). The van der Waals surface area contributed by atoms with E-state index in [1.807, 2.05) is 54.5 Å². The van der Waals surface area contributed by atoms with Crippen molar-refractivity contribution in [1.29, 1.82) is 0 Å². The zero-order valence-corrected chi connectivity index (χ0v) is 22.2. The minimum atomic E-state index is -0.472. The maximum atomic E-state index is 13.6. The summed E-state index contributed by atoms with van der Waals surface area (Å²) < 4.78 is 11.0. The van der Waals surface area contributed by atoms with Crippen molar-refractivity contribution in [3.05, 3.63) is 87.5 Å². The van der Waals surface area contributed by atoms with Crippen LogP contribution in [0.2, 0.25) is 0 Å². The molecule has 0 aliphatic carbocycles. The van der Waals surface area contributed by atoms with Crippen LogP contribution in [0, 0.1) is 13.8 Å². The van der Waals surface area contributed by atoms with Crippen LogP contribution in [0.15, 0.2) is 70.2 Å². The summed E-state index contributed by atoms with van der Waals surface area (Å²) in [6, 6.07) is 15.5. The van der Waals surface area contributed by atoms with E-state index >= 15 is 0 Å². The molecular formula is C29H31N3O4S. The van der Waals surface area contributed by atoms with Crippen LogP contribution in [0.5, 0.6) is 0 Å². The number of esters is 1. The summed E-state index contributed by atoms with van der Waals surface area (Å²) in [6.07, 6.45) is 0.226. The summed E-state index contributed by atoms with van der Waals surface area (Å²) in [5.41, 5.74) is 5.93. The minimum absolute atomic E-state index is 0.0478. The summed E-state index contributed by atoms with van der Waals surface area (Å²) in [7, 11) is 0. The van der Waals surface area contributed by atoms with Gasteiger partial charge in [0.15, 0.2) is 5.17 Å². The number of aryl methyl sites for hydroxylation is 2. The highest BCUT2D eigenvalue weighted by Crippen LogP contribution is 2.47. The van der Waals surface area contributed by atoms with Crippen molar-refractivity contribution >= 4 is 34.5 Å². The van der Waals surface area contributed by atoms with Gasteiger partial charge in [-0.2, -0.15) is 0 Å². The number of aliphatic imine (C=N–C) groups is 1. The Bertz CT molecular complexity index is 1300. The van der Waals surface area contributed by atoms with Crippen LogP contribution in [-0.4, -0.2) is 59.8 Å². The summed E-state index contributed by atoms with van der Waals surface area (Å²) >= 11 is 1.49. The number of amidine groups is 1. The van der Waals surface area contributed by atoms with E-state index in [-0.39, 0.29) is 18.9 Å². The third-order valence-electron chi connectivity index (χ3n) is 6.78. The Morgan fingerprint density at radius 1 is 1.11 bits per heavy atom. The largest absolute Gasteiger partial charge is 0.463 e. The van der Waals surface area contributed by atoms with Crippen LogP contribution in [0.25, 0.3) is 5.70 Å². The zero-order valence-electron chi connectivity index (χ0n) is 21.4. The van der Waals surface area contributed by atoms with Crippen molar-refractivity contribution in [3.8, 4) is 0 Å². The normalized spacial score (nSPS) is 19.4. The minimum Gasteiger partial charge on any atom is -0.463 e. The first-order chi connectivity index (χ1) is 18.0. The molecule has 8 heteroatoms. The summed E-state index contributed by atoms with van der Waals surface area (Å²) in [6.45, 7) is 8.45. The maximum Gasteiger partial charge on any atom is 0.338 e. The molecule has 1 fully saturated rings. The van der Waals surface area contributed by atoms with Gasteiger partial charge in [0, 0.05) is 24.4 Å². The first-order valence-electron chi connectivity index (χ1n) is 12.6. The zero-order chi connectivity index (χ0) is 25.9. The number of thioether (sulfide) groups is 1. The maximum absolute atomic E-state index is 13.6. The molecule has 1 atom stereocenters. The lowest BCUT2D eigenvalue weighted by atomic mass is 9.88. The lowest BCUT2D eigenvalue weighted by molar-refractivity contribution is -0.139. The number of morpholine rings is 1. The molecule has 3 aliphatic heterocycles. The Hall–Kier alpha value is -3.36. The van der Waals surface area contributed by atoms with Crippen LogP contribution in [0.1, 0.15) is 41.6 Å². The summed E-state index contributed by atoms with van der Waals surface area (Å²) in [5.74, 6) is -0.350. The molecule has 0 bridgehead atoms. The highest BCUT2D eigenvalue weighted by Gasteiger charge is 2.43. The van der Waals surface area contributed by atoms with Crippen LogP contribution < -0.4 is 0 Å². The molecule has 7 nitrogen and oxygen atoms in total. The number of benzene rings is 2. The van der Waals surface area contributed by atoms with Crippen molar-refractivity contribution in [2.45, 2.75) is 33.2 Å². The lowest BCUT2D eigenvalue weighted by Crippen LogP contribution is -2.42. The van der Waals surface area contributed by atoms with Gasteiger partial charge in [-0.15, -0.1) is 0 Å². The summed E-state index contributed by atoms with van der Waals surface area (Å²) in [4.78, 5) is 35.8. The third kappa shape index (κ3) is 5.08. The Labute approximate surface area is 221 Å². The van der Waals surface area contributed by atoms with Gasteiger partial charge in [0.2, 0.25) is 5.91 Å². The standard InChI is InChI=1S/C29H31N3O4S/c1-4-36-28(34)25-26(21-8-6-5-7-9-21)30-29-32(27(25)23-16-19(2)10-11-20(23)3)22(18-37-29)17-24(33)31-12-14-35-15-13-31/h5-11,16,18,27H,4,12-15,17H2,1-3H3. The topological polar surface area (TPSA) is 71.4 Å². The van der Waals surface area contributed by atoms with Crippen LogP contribution in [-0.2, 0) is 19.1 Å². The number of amides is 1. The van der Waals surface area contributed by atoms with Gasteiger partial charge in [-0.3, -0.25) is 4.79 Å². The number of nitrogens with zero attached hydrogens (tertiary/aromatic N) is 3. The molecule has 0 spiro atoms. The van der Waals surface area contributed by atoms with Crippen molar-refractivity contribution in [2.24, 2.45) is 4.99 Å². The first-order valence-corrected chi connectivity index (χ1v) is 13.5. The molecule has 0 radical (unpaired) electrons. The van der Waals surface area contributed by atoms with Crippen molar-refractivity contribution < 1.29 is 19.1 Å². The average Bonchev–Trinajstić information content (AvgIpc) is 3.32. The third-order valence-corrected chi connectivity index (χ3v) is 7.67. The molecule has 0 N–H and O–H groups in total. The molecule has 1 saturated heterocycles. The molecular weight excluding hydrogens is 486 g/mol. The number of rotatable bonds is 6. The Morgan fingerprint density at radius 2 is 1.86 bits per heavy atom. The highest BCUT2D eigenvalue weighted by atomic mass is 32.2. The second-order valence-corrected chi connectivity index (χ2v) is 10.1. The Kier molecular flexibility index (Phi) is 7.48. The van der Waals surface area contributed by atoms with Gasteiger partial charge in [-0.1, -0.05) is 65.9 Å². The number of carbonyl (C=O) groups excluding carboxylic acids is 2. The van der Waals surface area contributed by atoms with Gasteiger partial charge in [0.05, 0.1) is 43.6 Å². The van der Waals surface area contributed by atoms with E-state index in [2.05, 4.69) is 30.0 Å². The molecule has 192 valence electrons. The van der Waals surface area contributed by atoms with Gasteiger partial charge in [0.25, 0.3) is 0 Å². The van der Waals surface area contributed by atoms with Crippen LogP contribution in [0.3, 0.4) is 0 Å². The first kappa shape index (κ1) is 25.3. The highest BCUT2D eigenvalue weighted by molar-refractivity contribution is 8.16. The van der Waals surface area contributed by atoms with Gasteiger partial charge in [-0.05, 0) is 37.3 Å². The van der Waals surface area contributed by atoms with Crippen molar-refractivity contribution in [1.82, 2.24) is 9.80 Å². The quantitative estimate of drug-likeness (QED) is 0.512. The molecule has 3 heterocycles. The van der Waals surface area contributed by atoms with Crippen LogP contribution >= 0.6 is 11.8 Å². The number of carbonyl (C=O) groups is 2. The van der Waals surface area contributed by atoms with Gasteiger partial charge in [0.1, 0.15) is 0 Å². The molecule has 0 aromatic heterocycles. The fourth-order valence-electron chi connectivity index (χ4n) is 4.92. The van der Waals surface area contributed by atoms with E-state index in [0.29, 0.717) is 37.6 Å².